The first kappa shape index (κ1) is 17.4. The Labute approximate surface area is 166 Å². The third kappa shape index (κ3) is 2.25. The fourth-order valence-electron chi connectivity index (χ4n) is 4.25. The number of nitrogens with zero attached hydrogens (tertiary/aromatic N) is 3. The molecule has 3 aliphatic heterocycles. The summed E-state index contributed by atoms with van der Waals surface area (Å²) in [5.74, 6) is -0.0332. The number of carbonyl (C=O) groups excluding carboxylic acids is 3. The lowest BCUT2D eigenvalue weighted by Crippen LogP contribution is -2.51. The quantitative estimate of drug-likeness (QED) is 0.743. The van der Waals surface area contributed by atoms with Crippen LogP contribution in [0.3, 0.4) is 0 Å². The predicted octanol–water partition coefficient (Wildman–Crippen LogP) is 2.16. The molecule has 146 valence electrons. The zero-order chi connectivity index (χ0) is 20.3. The van der Waals surface area contributed by atoms with E-state index in [9.17, 15) is 14.4 Å². The van der Waals surface area contributed by atoms with Crippen LogP contribution in [0, 0.1) is 0 Å². The molecule has 0 N–H and O–H groups in total. The Balaban J connectivity index is 1.65. The number of hydrogen-bond acceptors (Lipinski definition) is 6. The number of anilines is 1. The molecule has 1 atom stereocenters. The number of ether oxygens (including phenoxy) is 2. The molecule has 0 aliphatic carbocycles. The Kier molecular flexibility index (Phi) is 3.55. The highest BCUT2D eigenvalue weighted by Gasteiger charge is 2.60. The maximum atomic E-state index is 13.5. The molecule has 0 aromatic heterocycles. The minimum Gasteiger partial charge on any atom is -0.454 e. The molecule has 0 saturated carbocycles. The number of rotatable bonds is 1. The summed E-state index contributed by atoms with van der Waals surface area (Å²) >= 11 is 0. The maximum absolute atomic E-state index is 13.5. The first-order chi connectivity index (χ1) is 13.9. The van der Waals surface area contributed by atoms with Gasteiger partial charge >= 0.3 is 0 Å². The van der Waals surface area contributed by atoms with Gasteiger partial charge in [-0.05, 0) is 24.3 Å². The lowest BCUT2D eigenvalue weighted by molar-refractivity contribution is -0.144. The van der Waals surface area contributed by atoms with Gasteiger partial charge in [-0.1, -0.05) is 18.2 Å². The van der Waals surface area contributed by atoms with Crippen molar-refractivity contribution in [3.05, 3.63) is 53.6 Å². The van der Waals surface area contributed by atoms with Gasteiger partial charge in [0.05, 0.1) is 11.4 Å². The molecule has 5 rings (SSSR count). The van der Waals surface area contributed by atoms with Crippen molar-refractivity contribution in [3.63, 3.8) is 0 Å². The summed E-state index contributed by atoms with van der Waals surface area (Å²) in [6, 6.07) is 12.4. The molecule has 3 amide bonds. The second kappa shape index (κ2) is 5.91. The van der Waals surface area contributed by atoms with Gasteiger partial charge in [-0.2, -0.15) is 5.10 Å². The van der Waals surface area contributed by atoms with Crippen LogP contribution in [0.25, 0.3) is 0 Å². The summed E-state index contributed by atoms with van der Waals surface area (Å²) < 4.78 is 10.8. The highest BCUT2D eigenvalue weighted by atomic mass is 16.7. The van der Waals surface area contributed by atoms with E-state index in [0.717, 1.165) is 10.5 Å². The zero-order valence-corrected chi connectivity index (χ0v) is 15.8. The molecule has 3 heterocycles. The molecular weight excluding hydrogens is 374 g/mol. The normalized spacial score (nSPS) is 21.6. The first-order valence-corrected chi connectivity index (χ1v) is 9.16. The van der Waals surface area contributed by atoms with E-state index in [1.54, 1.807) is 36.4 Å². The standard InChI is InChI=1S/C21H17N3O5/c1-12(25)23-17-6-4-3-5-15(17)21(20(23)27)10-16(22-24(21)13(2)26)14-7-8-18-19(9-14)29-11-28-18/h3-9H,10-11H2,1-2H3. The average Bonchev–Trinajstić information content (AvgIpc) is 3.38. The van der Waals surface area contributed by atoms with Gasteiger partial charge in [0.15, 0.2) is 17.0 Å². The molecule has 0 saturated heterocycles. The fraction of sp³-hybridized carbons (Fsp3) is 0.238. The Hall–Kier alpha value is -3.68. The van der Waals surface area contributed by atoms with Crippen LogP contribution < -0.4 is 14.4 Å². The molecular formula is C21H17N3O5. The zero-order valence-electron chi connectivity index (χ0n) is 15.8. The molecule has 0 radical (unpaired) electrons. The molecule has 29 heavy (non-hydrogen) atoms. The van der Waals surface area contributed by atoms with Crippen LogP contribution in [0.1, 0.15) is 31.4 Å². The smallest absolute Gasteiger partial charge is 0.266 e. The molecule has 0 fully saturated rings. The number of hydrogen-bond donors (Lipinski definition) is 0. The van der Waals surface area contributed by atoms with Crippen molar-refractivity contribution in [1.29, 1.82) is 0 Å². The molecule has 3 aliphatic rings. The Morgan fingerprint density at radius 2 is 1.79 bits per heavy atom. The van der Waals surface area contributed by atoms with E-state index in [2.05, 4.69) is 5.10 Å². The van der Waals surface area contributed by atoms with Crippen molar-refractivity contribution in [2.45, 2.75) is 25.8 Å². The largest absolute Gasteiger partial charge is 0.454 e. The number of carbonyl (C=O) groups is 3. The molecule has 2 aromatic rings. The number of hydrazone groups is 1. The van der Waals surface area contributed by atoms with Crippen LogP contribution in [0.2, 0.25) is 0 Å². The highest BCUT2D eigenvalue weighted by Crippen LogP contribution is 2.50. The van der Waals surface area contributed by atoms with Crippen molar-refractivity contribution in [3.8, 4) is 11.5 Å². The highest BCUT2D eigenvalue weighted by molar-refractivity contribution is 6.25. The number of para-hydroxylation sites is 1. The van der Waals surface area contributed by atoms with Gasteiger partial charge in [0.25, 0.3) is 5.91 Å². The number of benzene rings is 2. The van der Waals surface area contributed by atoms with Gasteiger partial charge in [0.2, 0.25) is 18.6 Å². The van der Waals surface area contributed by atoms with Gasteiger partial charge in [-0.25, -0.2) is 9.91 Å². The molecule has 0 bridgehead atoms. The average molecular weight is 391 g/mol. The lowest BCUT2D eigenvalue weighted by Gasteiger charge is -2.30. The number of imide groups is 1. The van der Waals surface area contributed by atoms with Crippen molar-refractivity contribution < 1.29 is 23.9 Å². The molecule has 2 aromatic carbocycles. The van der Waals surface area contributed by atoms with Crippen molar-refractivity contribution in [2.75, 3.05) is 11.7 Å². The van der Waals surface area contributed by atoms with E-state index in [4.69, 9.17) is 9.47 Å². The number of amides is 3. The van der Waals surface area contributed by atoms with Crippen LogP contribution in [-0.2, 0) is 19.9 Å². The summed E-state index contributed by atoms with van der Waals surface area (Å²) in [7, 11) is 0. The van der Waals surface area contributed by atoms with Gasteiger partial charge < -0.3 is 9.47 Å². The second-order valence-corrected chi connectivity index (χ2v) is 7.16. The van der Waals surface area contributed by atoms with Crippen molar-refractivity contribution >= 4 is 29.1 Å². The Bertz CT molecular complexity index is 1130. The monoisotopic (exact) mass is 391 g/mol. The topological polar surface area (TPSA) is 88.5 Å². The third-order valence-corrected chi connectivity index (χ3v) is 5.47. The van der Waals surface area contributed by atoms with Gasteiger partial charge in [0.1, 0.15) is 0 Å². The summed E-state index contributed by atoms with van der Waals surface area (Å²) in [4.78, 5) is 39.4. The van der Waals surface area contributed by atoms with Gasteiger partial charge in [-0.3, -0.25) is 14.4 Å². The first-order valence-electron chi connectivity index (χ1n) is 9.16. The predicted molar refractivity (Wildman–Crippen MR) is 103 cm³/mol. The number of fused-ring (bicyclic) bond motifs is 3. The SMILES string of the molecule is CC(=O)N1C(=O)C2(CC(c3ccc4c(c3)OCO4)=NN2C(C)=O)c2ccccc21. The molecule has 8 nitrogen and oxygen atoms in total. The maximum Gasteiger partial charge on any atom is 0.266 e. The van der Waals surface area contributed by atoms with E-state index in [1.807, 2.05) is 6.07 Å². The van der Waals surface area contributed by atoms with Crippen LogP contribution in [-0.4, -0.2) is 35.2 Å². The summed E-state index contributed by atoms with van der Waals surface area (Å²) in [6.07, 6.45) is 0.159. The van der Waals surface area contributed by atoms with E-state index < -0.39 is 17.4 Å². The third-order valence-electron chi connectivity index (χ3n) is 5.47. The Morgan fingerprint density at radius 1 is 1.03 bits per heavy atom. The fourth-order valence-corrected chi connectivity index (χ4v) is 4.25. The minimum absolute atomic E-state index is 0.147. The lowest BCUT2D eigenvalue weighted by atomic mass is 9.85. The minimum atomic E-state index is -1.38. The van der Waals surface area contributed by atoms with Gasteiger partial charge in [0, 0.05) is 31.4 Å². The van der Waals surface area contributed by atoms with E-state index in [0.29, 0.717) is 28.5 Å². The molecule has 1 unspecified atom stereocenters. The molecule has 8 heteroatoms. The van der Waals surface area contributed by atoms with Gasteiger partial charge in [-0.15, -0.1) is 0 Å². The van der Waals surface area contributed by atoms with E-state index >= 15 is 0 Å². The van der Waals surface area contributed by atoms with Crippen molar-refractivity contribution in [1.82, 2.24) is 5.01 Å². The van der Waals surface area contributed by atoms with E-state index in [1.165, 1.54) is 18.9 Å². The Morgan fingerprint density at radius 3 is 2.55 bits per heavy atom. The summed E-state index contributed by atoms with van der Waals surface area (Å²) in [5, 5.41) is 5.71. The summed E-state index contributed by atoms with van der Waals surface area (Å²) in [5.41, 5.74) is 0.990. The van der Waals surface area contributed by atoms with Crippen LogP contribution in [0.15, 0.2) is 47.6 Å². The molecule has 1 spiro atoms. The van der Waals surface area contributed by atoms with Crippen LogP contribution in [0.4, 0.5) is 5.69 Å². The second-order valence-electron chi connectivity index (χ2n) is 7.16. The van der Waals surface area contributed by atoms with Crippen LogP contribution >= 0.6 is 0 Å². The van der Waals surface area contributed by atoms with E-state index in [-0.39, 0.29) is 19.1 Å². The van der Waals surface area contributed by atoms with Crippen molar-refractivity contribution in [2.24, 2.45) is 5.10 Å². The summed E-state index contributed by atoms with van der Waals surface area (Å²) in [6.45, 7) is 2.84. The van der Waals surface area contributed by atoms with Crippen LogP contribution in [0.5, 0.6) is 11.5 Å².